The van der Waals surface area contributed by atoms with E-state index in [2.05, 4.69) is 43.2 Å². The fourth-order valence-corrected chi connectivity index (χ4v) is 5.82. The Kier molecular flexibility index (Phi) is 5.84. The van der Waals surface area contributed by atoms with Gasteiger partial charge in [0.1, 0.15) is 5.82 Å². The summed E-state index contributed by atoms with van der Waals surface area (Å²) >= 11 is 0. The highest BCUT2D eigenvalue weighted by molar-refractivity contribution is 6.00. The van der Waals surface area contributed by atoms with Gasteiger partial charge in [0.05, 0.1) is 52.4 Å². The van der Waals surface area contributed by atoms with Crippen LogP contribution in [0.3, 0.4) is 0 Å². The molecule has 2 aliphatic heterocycles. The van der Waals surface area contributed by atoms with Crippen molar-refractivity contribution >= 4 is 39.7 Å². The van der Waals surface area contributed by atoms with Gasteiger partial charge < -0.3 is 25.3 Å². The summed E-state index contributed by atoms with van der Waals surface area (Å²) in [5.74, 6) is 0.458. The second kappa shape index (κ2) is 9.53. The molecule has 0 spiro atoms. The fraction of sp³-hybridized carbons (Fsp3) is 0.379. The predicted octanol–water partition coefficient (Wildman–Crippen LogP) is 4.57. The Morgan fingerprint density at radius 2 is 1.97 bits per heavy atom. The Morgan fingerprint density at radius 3 is 2.77 bits per heavy atom. The van der Waals surface area contributed by atoms with Crippen molar-refractivity contribution < 1.29 is 9.53 Å². The highest BCUT2D eigenvalue weighted by Crippen LogP contribution is 2.45. The minimum absolute atomic E-state index is 0.0269. The molecule has 10 nitrogen and oxygen atoms in total. The Morgan fingerprint density at radius 1 is 1.13 bits per heavy atom. The summed E-state index contributed by atoms with van der Waals surface area (Å²) in [6.45, 7) is 5.24. The number of nitrogens with zero attached hydrogens (tertiary/aromatic N) is 4. The summed E-state index contributed by atoms with van der Waals surface area (Å²) in [5, 5.41) is 11.8. The molecule has 1 amide bonds. The van der Waals surface area contributed by atoms with Crippen LogP contribution in [-0.4, -0.2) is 45.4 Å². The molecule has 1 saturated carbocycles. The SMILES string of the molecule is CCN1Cc2c(cnn2C2CCOCC2)-c2cccc(Nc3cc(NC(=O)C4CC4)nc4cc[nH]c(=O)c34)c21. The van der Waals surface area contributed by atoms with Crippen LogP contribution in [0.2, 0.25) is 0 Å². The number of nitrogens with one attached hydrogen (secondary N) is 3. The van der Waals surface area contributed by atoms with Gasteiger partial charge in [-0.15, -0.1) is 0 Å². The third-order valence-electron chi connectivity index (χ3n) is 8.00. The number of aromatic nitrogens is 4. The van der Waals surface area contributed by atoms with E-state index in [-0.39, 0.29) is 17.4 Å². The number of H-pyrrole nitrogens is 1. The van der Waals surface area contributed by atoms with Crippen LogP contribution in [0.25, 0.3) is 22.0 Å². The van der Waals surface area contributed by atoms with Gasteiger partial charge in [-0.25, -0.2) is 4.98 Å². The lowest BCUT2D eigenvalue weighted by Gasteiger charge is -2.34. The Bertz CT molecular complexity index is 1630. The summed E-state index contributed by atoms with van der Waals surface area (Å²) in [4.78, 5) is 35.1. The standard InChI is InChI=1S/C29H31N7O3/c1-2-35-16-24-20(15-31-36(24)18-9-12-39-13-10-18)19-4-3-5-22(27(19)35)32-23-14-25(34-28(37)17-6-7-17)33-21-8-11-30-29(38)26(21)23/h3-5,8,11,14-15,17-18H,2,6-7,9-10,12-13,16H2,1H3,(H,30,38)(H2,32,33,34,37). The number of aromatic amines is 1. The highest BCUT2D eigenvalue weighted by atomic mass is 16.5. The molecule has 39 heavy (non-hydrogen) atoms. The summed E-state index contributed by atoms with van der Waals surface area (Å²) in [6, 6.07) is 10.1. The zero-order valence-electron chi connectivity index (χ0n) is 21.9. The number of anilines is 4. The minimum atomic E-state index is -0.236. The number of hydrogen-bond donors (Lipinski definition) is 3. The molecule has 1 saturated heterocycles. The quantitative estimate of drug-likeness (QED) is 0.338. The van der Waals surface area contributed by atoms with Crippen LogP contribution in [0.1, 0.15) is 44.3 Å². The number of rotatable bonds is 6. The van der Waals surface area contributed by atoms with E-state index in [9.17, 15) is 9.59 Å². The monoisotopic (exact) mass is 525 g/mol. The molecule has 0 bridgehead atoms. The molecule has 1 aromatic carbocycles. The van der Waals surface area contributed by atoms with Gasteiger partial charge in [-0.1, -0.05) is 12.1 Å². The van der Waals surface area contributed by atoms with Crippen molar-refractivity contribution in [3.05, 3.63) is 58.8 Å². The van der Waals surface area contributed by atoms with E-state index in [1.165, 1.54) is 5.69 Å². The molecule has 0 radical (unpaired) electrons. The second-order valence-corrected chi connectivity index (χ2v) is 10.5. The third-order valence-corrected chi connectivity index (χ3v) is 8.00. The van der Waals surface area contributed by atoms with Crippen LogP contribution >= 0.6 is 0 Å². The van der Waals surface area contributed by atoms with Gasteiger partial charge in [-0.2, -0.15) is 5.10 Å². The van der Waals surface area contributed by atoms with Crippen molar-refractivity contribution in [3.63, 3.8) is 0 Å². The summed E-state index contributed by atoms with van der Waals surface area (Å²) in [6.07, 6.45) is 7.31. The van der Waals surface area contributed by atoms with E-state index in [1.54, 1.807) is 18.3 Å². The summed E-state index contributed by atoms with van der Waals surface area (Å²) in [7, 11) is 0. The number of ether oxygens (including phenoxy) is 1. The van der Waals surface area contributed by atoms with Gasteiger partial charge in [0.15, 0.2) is 0 Å². The zero-order valence-corrected chi connectivity index (χ0v) is 21.9. The number of carbonyl (C=O) groups excluding carboxylic acids is 1. The van der Waals surface area contributed by atoms with Gasteiger partial charge in [0, 0.05) is 49.1 Å². The van der Waals surface area contributed by atoms with E-state index in [1.807, 2.05) is 18.3 Å². The second-order valence-electron chi connectivity index (χ2n) is 10.5. The van der Waals surface area contributed by atoms with Crippen LogP contribution in [0.5, 0.6) is 0 Å². The lowest BCUT2D eigenvalue weighted by atomic mass is 9.96. The molecular weight excluding hydrogens is 494 g/mol. The molecule has 5 heterocycles. The molecule has 7 rings (SSSR count). The predicted molar refractivity (Wildman–Crippen MR) is 150 cm³/mol. The first-order valence-electron chi connectivity index (χ1n) is 13.7. The van der Waals surface area contributed by atoms with Crippen LogP contribution < -0.4 is 21.1 Å². The van der Waals surface area contributed by atoms with Gasteiger partial charge in [0.25, 0.3) is 5.56 Å². The first-order valence-corrected chi connectivity index (χ1v) is 13.7. The molecule has 3 aromatic heterocycles. The normalized spacial score (nSPS) is 17.1. The lowest BCUT2D eigenvalue weighted by molar-refractivity contribution is -0.117. The van der Waals surface area contributed by atoms with Crippen LogP contribution in [0, 0.1) is 5.92 Å². The number of fused-ring (bicyclic) bond motifs is 4. The largest absolute Gasteiger partial charge is 0.381 e. The minimum Gasteiger partial charge on any atom is -0.381 e. The molecule has 3 N–H and O–H groups in total. The lowest BCUT2D eigenvalue weighted by Crippen LogP contribution is -2.30. The smallest absolute Gasteiger partial charge is 0.259 e. The molecule has 0 unspecified atom stereocenters. The summed E-state index contributed by atoms with van der Waals surface area (Å²) < 4.78 is 7.79. The average Bonchev–Trinajstić information content (AvgIpc) is 3.72. The van der Waals surface area contributed by atoms with Crippen LogP contribution in [0.15, 0.2) is 47.5 Å². The number of benzene rings is 1. The van der Waals surface area contributed by atoms with Crippen molar-refractivity contribution in [2.45, 2.75) is 45.2 Å². The van der Waals surface area contributed by atoms with Gasteiger partial charge in [-0.3, -0.25) is 14.3 Å². The first kappa shape index (κ1) is 23.9. The molecule has 4 aromatic rings. The molecule has 2 fully saturated rings. The Hall–Kier alpha value is -4.18. The van der Waals surface area contributed by atoms with Crippen LogP contribution in [0.4, 0.5) is 22.9 Å². The van der Waals surface area contributed by atoms with E-state index < -0.39 is 0 Å². The highest BCUT2D eigenvalue weighted by Gasteiger charge is 2.31. The number of para-hydroxylation sites is 1. The fourth-order valence-electron chi connectivity index (χ4n) is 5.82. The van der Waals surface area contributed by atoms with Gasteiger partial charge >= 0.3 is 0 Å². The van der Waals surface area contributed by atoms with Crippen molar-refractivity contribution in [3.8, 4) is 11.1 Å². The molecule has 0 atom stereocenters. The van der Waals surface area contributed by atoms with Crippen LogP contribution in [-0.2, 0) is 16.1 Å². The third kappa shape index (κ3) is 4.24. The molecule has 3 aliphatic rings. The van der Waals surface area contributed by atoms with Gasteiger partial charge in [0.2, 0.25) is 5.91 Å². The van der Waals surface area contributed by atoms with E-state index in [0.29, 0.717) is 28.5 Å². The maximum Gasteiger partial charge on any atom is 0.259 e. The van der Waals surface area contributed by atoms with Crippen molar-refractivity contribution in [2.75, 3.05) is 35.3 Å². The van der Waals surface area contributed by atoms with Crippen molar-refractivity contribution in [1.82, 2.24) is 19.7 Å². The topological polar surface area (TPSA) is 117 Å². The Balaban J connectivity index is 1.31. The maximum absolute atomic E-state index is 12.9. The molecule has 200 valence electrons. The Labute approximate surface area is 225 Å². The molecule has 1 aliphatic carbocycles. The van der Waals surface area contributed by atoms with E-state index in [4.69, 9.17) is 9.84 Å². The van der Waals surface area contributed by atoms with E-state index in [0.717, 1.165) is 74.5 Å². The van der Waals surface area contributed by atoms with Crippen molar-refractivity contribution in [1.29, 1.82) is 0 Å². The average molecular weight is 526 g/mol. The number of amides is 1. The van der Waals surface area contributed by atoms with E-state index >= 15 is 0 Å². The first-order chi connectivity index (χ1) is 19.1. The zero-order chi connectivity index (χ0) is 26.5. The molecule has 10 heteroatoms. The molecular formula is C29H31N7O3. The van der Waals surface area contributed by atoms with Crippen molar-refractivity contribution in [2.24, 2.45) is 5.92 Å². The number of pyridine rings is 2. The number of hydrogen-bond acceptors (Lipinski definition) is 7. The maximum atomic E-state index is 12.9. The van der Waals surface area contributed by atoms with Gasteiger partial charge in [-0.05, 0) is 44.7 Å². The number of carbonyl (C=O) groups is 1. The summed E-state index contributed by atoms with van der Waals surface area (Å²) in [5.41, 5.74) is 6.31.